The number of halogens is 3. The highest BCUT2D eigenvalue weighted by atomic mass is 19.4. The van der Waals surface area contributed by atoms with Gasteiger partial charge in [-0.15, -0.1) is 0 Å². The number of hydrogen-bond donors (Lipinski definition) is 1. The molecule has 2 aromatic carbocycles. The minimum atomic E-state index is -4.36. The first-order chi connectivity index (χ1) is 8.90. The molecule has 0 unspecified atom stereocenters. The van der Waals surface area contributed by atoms with E-state index in [1.165, 1.54) is 18.2 Å². The largest absolute Gasteiger partial charge is 0.416 e. The van der Waals surface area contributed by atoms with Gasteiger partial charge in [-0.1, -0.05) is 12.1 Å². The van der Waals surface area contributed by atoms with E-state index in [4.69, 9.17) is 11.0 Å². The van der Waals surface area contributed by atoms with Crippen molar-refractivity contribution in [3.05, 3.63) is 53.6 Å². The molecule has 2 nitrogen and oxygen atoms in total. The van der Waals surface area contributed by atoms with Crippen LogP contribution >= 0.6 is 0 Å². The second-order valence-corrected chi connectivity index (χ2v) is 4.03. The van der Waals surface area contributed by atoms with E-state index in [0.29, 0.717) is 22.4 Å². The summed E-state index contributed by atoms with van der Waals surface area (Å²) in [6.07, 6.45) is -4.36. The number of alkyl halides is 3. The first-order valence-corrected chi connectivity index (χ1v) is 5.38. The fourth-order valence-electron chi connectivity index (χ4n) is 1.73. The number of rotatable bonds is 1. The lowest BCUT2D eigenvalue weighted by molar-refractivity contribution is -0.137. The summed E-state index contributed by atoms with van der Waals surface area (Å²) in [4.78, 5) is 0. The second-order valence-electron chi connectivity index (χ2n) is 4.03. The van der Waals surface area contributed by atoms with Gasteiger partial charge in [-0.25, -0.2) is 0 Å². The Bertz CT molecular complexity index is 637. The molecule has 2 rings (SSSR count). The molecule has 2 N–H and O–H groups in total. The van der Waals surface area contributed by atoms with Crippen LogP contribution in [0.5, 0.6) is 0 Å². The summed E-state index contributed by atoms with van der Waals surface area (Å²) in [6.45, 7) is 0. The average molecular weight is 262 g/mol. The average Bonchev–Trinajstić information content (AvgIpc) is 2.37. The molecule has 0 atom stereocenters. The molecule has 0 amide bonds. The highest BCUT2D eigenvalue weighted by molar-refractivity contribution is 5.70. The quantitative estimate of drug-likeness (QED) is 0.794. The van der Waals surface area contributed by atoms with Crippen molar-refractivity contribution in [1.82, 2.24) is 0 Å². The lowest BCUT2D eigenvalue weighted by atomic mass is 10.0. The van der Waals surface area contributed by atoms with Gasteiger partial charge in [0.1, 0.15) is 0 Å². The molecular formula is C14H9F3N2. The molecule has 2 aromatic rings. The molecular weight excluding hydrogens is 253 g/mol. The number of nitrogens with zero attached hydrogens (tertiary/aromatic N) is 1. The van der Waals surface area contributed by atoms with Crippen LogP contribution in [-0.2, 0) is 6.18 Å². The molecule has 0 aliphatic rings. The highest BCUT2D eigenvalue weighted by Gasteiger charge is 2.29. The van der Waals surface area contributed by atoms with E-state index < -0.39 is 11.7 Å². The van der Waals surface area contributed by atoms with Gasteiger partial charge in [-0.05, 0) is 41.5 Å². The van der Waals surface area contributed by atoms with Crippen LogP contribution in [-0.4, -0.2) is 0 Å². The Kier molecular flexibility index (Phi) is 3.17. The molecule has 0 radical (unpaired) electrons. The van der Waals surface area contributed by atoms with Crippen LogP contribution in [0.1, 0.15) is 11.1 Å². The topological polar surface area (TPSA) is 49.8 Å². The van der Waals surface area contributed by atoms with Gasteiger partial charge in [0.05, 0.1) is 17.2 Å². The van der Waals surface area contributed by atoms with E-state index in [1.807, 2.05) is 6.07 Å². The van der Waals surface area contributed by atoms with E-state index in [1.54, 1.807) is 12.1 Å². The number of nitrogen functional groups attached to an aromatic ring is 1. The van der Waals surface area contributed by atoms with E-state index in [0.717, 1.165) is 12.1 Å². The highest BCUT2D eigenvalue weighted by Crippen LogP contribution is 2.31. The Balaban J connectivity index is 2.43. The molecule has 96 valence electrons. The Morgan fingerprint density at radius 3 is 2.11 bits per heavy atom. The number of nitriles is 1. The van der Waals surface area contributed by atoms with Gasteiger partial charge >= 0.3 is 6.18 Å². The molecule has 5 heteroatoms. The molecule has 0 bridgehead atoms. The van der Waals surface area contributed by atoms with Crippen molar-refractivity contribution in [2.75, 3.05) is 5.73 Å². The SMILES string of the molecule is N#Cc1cc(N)cc(-c2ccc(C(F)(F)F)cc2)c1. The summed E-state index contributed by atoms with van der Waals surface area (Å²) in [5.41, 5.74) is 6.90. The van der Waals surface area contributed by atoms with E-state index in [2.05, 4.69) is 0 Å². The molecule has 0 aliphatic carbocycles. The lowest BCUT2D eigenvalue weighted by Gasteiger charge is -2.08. The van der Waals surface area contributed by atoms with Crippen molar-refractivity contribution >= 4 is 5.69 Å². The van der Waals surface area contributed by atoms with Gasteiger partial charge in [-0.3, -0.25) is 0 Å². The van der Waals surface area contributed by atoms with Gasteiger partial charge in [0.25, 0.3) is 0 Å². The molecule has 0 saturated heterocycles. The molecule has 0 aromatic heterocycles. The maximum atomic E-state index is 12.4. The molecule has 0 saturated carbocycles. The normalized spacial score (nSPS) is 11.1. The van der Waals surface area contributed by atoms with Crippen LogP contribution in [0.3, 0.4) is 0 Å². The van der Waals surface area contributed by atoms with Gasteiger partial charge in [0.2, 0.25) is 0 Å². The summed E-state index contributed by atoms with van der Waals surface area (Å²) in [5, 5.41) is 8.83. The fourth-order valence-corrected chi connectivity index (χ4v) is 1.73. The van der Waals surface area contributed by atoms with Crippen molar-refractivity contribution in [2.24, 2.45) is 0 Å². The van der Waals surface area contributed by atoms with Crippen LogP contribution in [0.25, 0.3) is 11.1 Å². The number of anilines is 1. The molecule has 0 heterocycles. The van der Waals surface area contributed by atoms with Crippen molar-refractivity contribution in [2.45, 2.75) is 6.18 Å². The third-order valence-corrected chi connectivity index (χ3v) is 2.63. The second kappa shape index (κ2) is 4.65. The summed E-state index contributed by atoms with van der Waals surface area (Å²) in [5.74, 6) is 0. The third kappa shape index (κ3) is 2.86. The minimum Gasteiger partial charge on any atom is -0.399 e. The van der Waals surface area contributed by atoms with Crippen LogP contribution in [0, 0.1) is 11.3 Å². The molecule has 0 spiro atoms. The van der Waals surface area contributed by atoms with Crippen molar-refractivity contribution in [1.29, 1.82) is 5.26 Å². The fraction of sp³-hybridized carbons (Fsp3) is 0.0714. The van der Waals surface area contributed by atoms with Crippen LogP contribution in [0.15, 0.2) is 42.5 Å². The summed E-state index contributed by atoms with van der Waals surface area (Å²) in [7, 11) is 0. The molecule has 0 aliphatic heterocycles. The zero-order chi connectivity index (χ0) is 14.0. The Morgan fingerprint density at radius 2 is 1.58 bits per heavy atom. The lowest BCUT2D eigenvalue weighted by Crippen LogP contribution is -2.04. The summed E-state index contributed by atoms with van der Waals surface area (Å²) in [6, 6.07) is 11.4. The van der Waals surface area contributed by atoms with Gasteiger partial charge in [-0.2, -0.15) is 18.4 Å². The Labute approximate surface area is 107 Å². The van der Waals surface area contributed by atoms with Crippen LogP contribution < -0.4 is 5.73 Å². The Morgan fingerprint density at radius 1 is 0.947 bits per heavy atom. The van der Waals surface area contributed by atoms with Crippen molar-refractivity contribution < 1.29 is 13.2 Å². The summed E-state index contributed by atoms with van der Waals surface area (Å²) < 4.78 is 37.3. The van der Waals surface area contributed by atoms with Crippen LogP contribution in [0.2, 0.25) is 0 Å². The van der Waals surface area contributed by atoms with E-state index in [9.17, 15) is 13.2 Å². The number of nitrogens with two attached hydrogens (primary N) is 1. The Hall–Kier alpha value is -2.48. The molecule has 19 heavy (non-hydrogen) atoms. The number of benzene rings is 2. The third-order valence-electron chi connectivity index (χ3n) is 2.63. The van der Waals surface area contributed by atoms with E-state index in [-0.39, 0.29) is 0 Å². The first-order valence-electron chi connectivity index (χ1n) is 5.38. The predicted octanol–water partition coefficient (Wildman–Crippen LogP) is 3.83. The van der Waals surface area contributed by atoms with E-state index >= 15 is 0 Å². The van der Waals surface area contributed by atoms with Crippen LogP contribution in [0.4, 0.5) is 18.9 Å². The monoisotopic (exact) mass is 262 g/mol. The van der Waals surface area contributed by atoms with Crippen molar-refractivity contribution in [3.8, 4) is 17.2 Å². The zero-order valence-corrected chi connectivity index (χ0v) is 9.70. The maximum Gasteiger partial charge on any atom is 0.416 e. The van der Waals surface area contributed by atoms with Gasteiger partial charge < -0.3 is 5.73 Å². The zero-order valence-electron chi connectivity index (χ0n) is 9.70. The van der Waals surface area contributed by atoms with Gasteiger partial charge in [0.15, 0.2) is 0 Å². The maximum absolute atomic E-state index is 12.4. The first kappa shape index (κ1) is 13.0. The minimum absolute atomic E-state index is 0.370. The standard InChI is InChI=1S/C14H9F3N2/c15-14(16,17)12-3-1-10(2-4-12)11-5-9(8-18)6-13(19)7-11/h1-7H,19H2. The van der Waals surface area contributed by atoms with Gasteiger partial charge in [0, 0.05) is 5.69 Å². The number of hydrogen-bond acceptors (Lipinski definition) is 2. The molecule has 0 fully saturated rings. The van der Waals surface area contributed by atoms with Crippen molar-refractivity contribution in [3.63, 3.8) is 0 Å². The summed E-state index contributed by atoms with van der Waals surface area (Å²) >= 11 is 0. The smallest absolute Gasteiger partial charge is 0.399 e. The predicted molar refractivity (Wildman–Crippen MR) is 66.0 cm³/mol.